The molecule has 2 aliphatic carbocycles. The van der Waals surface area contributed by atoms with Crippen LogP contribution in [0.1, 0.15) is 67.4 Å². The van der Waals surface area contributed by atoms with Gasteiger partial charge in [0.1, 0.15) is 11.7 Å². The molecule has 0 saturated heterocycles. The number of carbonyl (C=O) groups is 2. The summed E-state index contributed by atoms with van der Waals surface area (Å²) in [6.45, 7) is 7.14. The number of aromatic nitrogens is 4. The molecule has 1 radical (unpaired) electrons. The van der Waals surface area contributed by atoms with E-state index in [1.165, 1.54) is 4.68 Å². The average molecular weight is 608 g/mol. The Morgan fingerprint density at radius 1 is 1.07 bits per heavy atom. The van der Waals surface area contributed by atoms with E-state index >= 15 is 0 Å². The van der Waals surface area contributed by atoms with Crippen LogP contribution in [0.3, 0.4) is 0 Å². The summed E-state index contributed by atoms with van der Waals surface area (Å²) in [5, 5.41) is 14.7. The number of hydrogen-bond acceptors (Lipinski definition) is 6. The molecule has 0 bridgehead atoms. The van der Waals surface area contributed by atoms with Gasteiger partial charge >= 0.3 is 7.82 Å². The number of nitrogens with zero attached hydrogens (tertiary/aromatic N) is 4. The van der Waals surface area contributed by atoms with Gasteiger partial charge in [0.05, 0.1) is 5.69 Å². The predicted octanol–water partition coefficient (Wildman–Crippen LogP) is 3.80. The van der Waals surface area contributed by atoms with Crippen LogP contribution in [0.25, 0.3) is 11.1 Å². The Balaban J connectivity index is 0.00000405. The first-order valence-electron chi connectivity index (χ1n) is 13.9. The van der Waals surface area contributed by atoms with Gasteiger partial charge in [-0.3, -0.25) is 18.8 Å². The van der Waals surface area contributed by atoms with Crippen molar-refractivity contribution in [3.05, 3.63) is 53.6 Å². The van der Waals surface area contributed by atoms with E-state index in [1.807, 2.05) is 26.0 Å². The Hall–Kier alpha value is -2.31. The van der Waals surface area contributed by atoms with Gasteiger partial charge in [0.25, 0.3) is 5.91 Å². The molecule has 12 nitrogen and oxygen atoms in total. The first-order valence-corrected chi connectivity index (χ1v) is 15.5. The number of phosphoric acid groups is 1. The fourth-order valence-corrected chi connectivity index (χ4v) is 5.92. The molecule has 2 heterocycles. The maximum atomic E-state index is 13.7. The minimum atomic E-state index is -4.63. The van der Waals surface area contributed by atoms with Gasteiger partial charge in [-0.2, -0.15) is 10.2 Å². The van der Waals surface area contributed by atoms with Gasteiger partial charge in [-0.05, 0) is 94.9 Å². The van der Waals surface area contributed by atoms with Crippen molar-refractivity contribution in [2.75, 3.05) is 5.32 Å². The summed E-state index contributed by atoms with van der Waals surface area (Å²) in [5.74, 6) is 0.435. The van der Waals surface area contributed by atoms with Crippen LogP contribution in [-0.4, -0.2) is 76.8 Å². The van der Waals surface area contributed by atoms with Crippen LogP contribution in [0.5, 0.6) is 0 Å². The molecule has 2 fully saturated rings. The Morgan fingerprint density at radius 3 is 2.24 bits per heavy atom. The molecule has 1 atom stereocenters. The molecule has 2 aliphatic rings. The number of nitrogens with one attached hydrogen (secondary N) is 2. The maximum absolute atomic E-state index is 13.7. The first-order chi connectivity index (χ1) is 19.4. The Bertz CT molecular complexity index is 1460. The molecule has 42 heavy (non-hydrogen) atoms. The van der Waals surface area contributed by atoms with E-state index in [-0.39, 0.29) is 60.1 Å². The van der Waals surface area contributed by atoms with Crippen molar-refractivity contribution in [2.24, 2.45) is 17.8 Å². The van der Waals surface area contributed by atoms with E-state index in [0.29, 0.717) is 34.6 Å². The Labute approximate surface area is 267 Å². The molecule has 3 aromatic rings. The smallest absolute Gasteiger partial charge is 0.339 e. The van der Waals surface area contributed by atoms with E-state index in [1.54, 1.807) is 42.9 Å². The molecule has 1 aromatic carbocycles. The van der Waals surface area contributed by atoms with Gasteiger partial charge in [0, 0.05) is 58.7 Å². The van der Waals surface area contributed by atoms with E-state index in [0.717, 1.165) is 36.8 Å². The molecule has 221 valence electrons. The number of hydrogen-bond donors (Lipinski definition) is 4. The van der Waals surface area contributed by atoms with Crippen molar-refractivity contribution in [3.8, 4) is 11.1 Å². The second-order valence-electron chi connectivity index (χ2n) is 11.3. The third-order valence-electron chi connectivity index (χ3n) is 7.85. The van der Waals surface area contributed by atoms with E-state index < -0.39 is 13.9 Å². The number of aryl methyl sites for hydroxylation is 1. The Morgan fingerprint density at radius 2 is 1.69 bits per heavy atom. The molecule has 14 heteroatoms. The maximum Gasteiger partial charge on any atom is 0.471 e. The quantitative estimate of drug-likeness (QED) is 0.179. The van der Waals surface area contributed by atoms with E-state index in [9.17, 15) is 14.2 Å². The number of anilines is 1. The molecule has 4 N–H and O–H groups in total. The number of benzene rings is 1. The molecule has 2 aromatic heterocycles. The van der Waals surface area contributed by atoms with Gasteiger partial charge in [0.15, 0.2) is 6.73 Å². The summed E-state index contributed by atoms with van der Waals surface area (Å²) in [6, 6.07) is 8.34. The van der Waals surface area contributed by atoms with Gasteiger partial charge in [-0.1, -0.05) is 12.1 Å². The van der Waals surface area contributed by atoms with Crippen LogP contribution in [0.15, 0.2) is 36.5 Å². The van der Waals surface area contributed by atoms with Gasteiger partial charge in [0.2, 0.25) is 5.91 Å². The normalized spacial score (nSPS) is 15.9. The molecule has 0 spiro atoms. The second-order valence-corrected chi connectivity index (χ2v) is 12.6. The molecule has 0 aliphatic heterocycles. The zero-order chi connectivity index (χ0) is 29.5. The van der Waals surface area contributed by atoms with Crippen LogP contribution in [0.4, 0.5) is 5.69 Å². The molecule has 0 unspecified atom stereocenters. The number of phosphoric ester groups is 1. The standard InChI is InChI=1S/C28H37N6O6P.Na/c1-16(2)34-23(13-14-29-34)27(35)31-26(25(20-5-6-20)21-7-8-21)28(36)30-22-11-9-19(10-12-22)24-17(3)32-33(18(24)4)15-40-41(37,38)39;/h9-14,16,20-21,25-26H,5-8,15H2,1-4H3,(H,30,36)(H,31,35)(H2,37,38,39);/t26-;/m0./s1. The zero-order valence-electron chi connectivity index (χ0n) is 24.6. The van der Waals surface area contributed by atoms with Crippen molar-refractivity contribution in [2.45, 2.75) is 72.2 Å². The summed E-state index contributed by atoms with van der Waals surface area (Å²) in [6.07, 6.45) is 5.90. The van der Waals surface area contributed by atoms with Crippen molar-refractivity contribution in [3.63, 3.8) is 0 Å². The van der Waals surface area contributed by atoms with Crippen LogP contribution in [0, 0.1) is 31.6 Å². The fraction of sp³-hybridized carbons (Fsp3) is 0.500. The van der Waals surface area contributed by atoms with Crippen LogP contribution >= 0.6 is 7.82 Å². The van der Waals surface area contributed by atoms with Gasteiger partial charge in [-0.25, -0.2) is 9.25 Å². The molecule has 2 saturated carbocycles. The van der Waals surface area contributed by atoms with Crippen molar-refractivity contribution < 1.29 is 28.5 Å². The van der Waals surface area contributed by atoms with Crippen LogP contribution in [-0.2, 0) is 20.6 Å². The fourth-order valence-electron chi connectivity index (χ4n) is 5.66. The summed E-state index contributed by atoms with van der Waals surface area (Å²) in [4.78, 5) is 45.1. The number of amides is 2. The average Bonchev–Trinajstić information content (AvgIpc) is 3.84. The monoisotopic (exact) mass is 607 g/mol. The van der Waals surface area contributed by atoms with Crippen molar-refractivity contribution in [1.29, 1.82) is 0 Å². The SMILES string of the molecule is Cc1nn(COP(=O)(O)O)c(C)c1-c1ccc(NC(=O)[C@@H](NC(=O)c2ccnn2C(C)C)C(C2CC2)C2CC2)cc1.[Na]. The van der Waals surface area contributed by atoms with Gasteiger partial charge < -0.3 is 20.4 Å². The molecule has 5 rings (SSSR count). The molecular weight excluding hydrogens is 570 g/mol. The van der Waals surface area contributed by atoms with Crippen molar-refractivity contribution in [1.82, 2.24) is 24.9 Å². The largest absolute Gasteiger partial charge is 0.471 e. The number of carbonyl (C=O) groups excluding carboxylic acids is 2. The predicted molar refractivity (Wildman–Crippen MR) is 157 cm³/mol. The summed E-state index contributed by atoms with van der Waals surface area (Å²) >= 11 is 0. The first kappa shape index (κ1) is 32.6. The number of rotatable bonds is 12. The van der Waals surface area contributed by atoms with E-state index in [2.05, 4.69) is 25.4 Å². The third-order valence-corrected chi connectivity index (χ3v) is 8.30. The Kier molecular flexibility index (Phi) is 10.2. The topological polar surface area (TPSA) is 161 Å². The zero-order valence-corrected chi connectivity index (χ0v) is 27.5. The molecule has 2 amide bonds. The van der Waals surface area contributed by atoms with Crippen LogP contribution < -0.4 is 10.6 Å². The summed E-state index contributed by atoms with van der Waals surface area (Å²) in [5.41, 5.74) is 4.04. The van der Waals surface area contributed by atoms with E-state index in [4.69, 9.17) is 9.79 Å². The third kappa shape index (κ3) is 7.60. The van der Waals surface area contributed by atoms with Gasteiger partial charge in [-0.15, -0.1) is 0 Å². The summed E-state index contributed by atoms with van der Waals surface area (Å²) < 4.78 is 18.8. The minimum Gasteiger partial charge on any atom is -0.339 e. The summed E-state index contributed by atoms with van der Waals surface area (Å²) in [7, 11) is -4.63. The second kappa shape index (κ2) is 13.1. The molecular formula is C28H37N6NaO6P. The van der Waals surface area contributed by atoms with Crippen LogP contribution in [0.2, 0.25) is 0 Å². The van der Waals surface area contributed by atoms with Crippen molar-refractivity contribution >= 4 is 54.9 Å². The minimum absolute atomic E-state index is 0.